The monoisotopic (exact) mass is 312 g/mol. The molecule has 0 amide bonds. The molecule has 5 heteroatoms. The average Bonchev–Trinajstić information content (AvgIpc) is 2.95. The van der Waals surface area contributed by atoms with E-state index in [9.17, 15) is 9.59 Å². The van der Waals surface area contributed by atoms with Crippen molar-refractivity contribution in [1.29, 1.82) is 0 Å². The molecular formula is C17H16N2O2S. The normalized spacial score (nSPS) is 11.0. The lowest BCUT2D eigenvalue weighted by Gasteiger charge is -2.10. The van der Waals surface area contributed by atoms with Crippen molar-refractivity contribution in [2.75, 3.05) is 0 Å². The summed E-state index contributed by atoms with van der Waals surface area (Å²) in [6, 6.07) is 5.71. The zero-order valence-electron chi connectivity index (χ0n) is 12.7. The summed E-state index contributed by atoms with van der Waals surface area (Å²) in [5, 5.41) is 1.83. The van der Waals surface area contributed by atoms with Crippen molar-refractivity contribution in [2.45, 2.75) is 27.3 Å². The van der Waals surface area contributed by atoms with E-state index in [4.69, 9.17) is 0 Å². The smallest absolute Gasteiger partial charge is 0.271 e. The molecule has 0 N–H and O–H groups in total. The van der Waals surface area contributed by atoms with Crippen molar-refractivity contribution in [3.8, 4) is 0 Å². The van der Waals surface area contributed by atoms with Crippen molar-refractivity contribution in [2.24, 2.45) is 0 Å². The van der Waals surface area contributed by atoms with Gasteiger partial charge in [-0.2, -0.15) is 0 Å². The Kier molecular flexibility index (Phi) is 3.66. The maximum absolute atomic E-state index is 12.5. The Balaban J connectivity index is 1.98. The Morgan fingerprint density at radius 1 is 1.18 bits per heavy atom. The first kappa shape index (κ1) is 14.7. The second-order valence-electron chi connectivity index (χ2n) is 5.49. The lowest BCUT2D eigenvalue weighted by atomic mass is 9.98. The van der Waals surface area contributed by atoms with Crippen molar-refractivity contribution < 1.29 is 4.79 Å². The summed E-state index contributed by atoms with van der Waals surface area (Å²) in [7, 11) is 0. The van der Waals surface area contributed by atoms with Crippen molar-refractivity contribution in [1.82, 2.24) is 9.55 Å². The summed E-state index contributed by atoms with van der Waals surface area (Å²) in [6.07, 6.45) is 1.45. The molecule has 3 aromatic rings. The van der Waals surface area contributed by atoms with Gasteiger partial charge in [0.1, 0.15) is 4.70 Å². The minimum atomic E-state index is -0.158. The van der Waals surface area contributed by atoms with Crippen LogP contribution in [0.2, 0.25) is 0 Å². The Hall–Kier alpha value is -2.27. The maximum atomic E-state index is 12.5. The fraction of sp³-hybridized carbons (Fsp3) is 0.235. The molecular weight excluding hydrogens is 296 g/mol. The number of carbonyl (C=O) groups excluding carboxylic acids is 1. The van der Waals surface area contributed by atoms with Gasteiger partial charge in [0.2, 0.25) is 0 Å². The second-order valence-corrected chi connectivity index (χ2v) is 6.40. The largest absolute Gasteiger partial charge is 0.292 e. The minimum absolute atomic E-state index is 0.0169. The zero-order valence-corrected chi connectivity index (χ0v) is 13.5. The van der Waals surface area contributed by atoms with Gasteiger partial charge in [0.15, 0.2) is 5.78 Å². The van der Waals surface area contributed by atoms with Gasteiger partial charge in [-0.3, -0.25) is 14.2 Å². The molecule has 4 nitrogen and oxygen atoms in total. The van der Waals surface area contributed by atoms with Crippen LogP contribution in [-0.2, 0) is 6.54 Å². The molecule has 2 aromatic heterocycles. The Labute approximate surface area is 132 Å². The van der Waals surface area contributed by atoms with E-state index in [1.807, 2.05) is 38.3 Å². The summed E-state index contributed by atoms with van der Waals surface area (Å²) in [5.41, 5.74) is 4.37. The standard InChI is InChI=1S/C17H16N2O2S/c1-10-6-12(3)13(7-11(10)2)15(20)8-19-9-18-14-4-5-22-16(14)17(19)21/h4-7,9H,8H2,1-3H3. The number of rotatable bonds is 3. The first-order valence-electron chi connectivity index (χ1n) is 7.01. The topological polar surface area (TPSA) is 52.0 Å². The predicted octanol–water partition coefficient (Wildman–Crippen LogP) is 3.27. The van der Waals surface area contributed by atoms with Gasteiger partial charge in [-0.15, -0.1) is 11.3 Å². The highest BCUT2D eigenvalue weighted by Crippen LogP contribution is 2.17. The van der Waals surface area contributed by atoms with Crippen LogP contribution >= 0.6 is 11.3 Å². The molecule has 0 saturated carbocycles. The highest BCUT2D eigenvalue weighted by Gasteiger charge is 2.13. The van der Waals surface area contributed by atoms with Gasteiger partial charge < -0.3 is 0 Å². The van der Waals surface area contributed by atoms with E-state index in [2.05, 4.69) is 4.98 Å². The molecule has 3 rings (SSSR count). The van der Waals surface area contributed by atoms with Gasteiger partial charge in [-0.1, -0.05) is 6.07 Å². The van der Waals surface area contributed by atoms with Gasteiger partial charge in [0, 0.05) is 5.56 Å². The van der Waals surface area contributed by atoms with E-state index in [-0.39, 0.29) is 17.9 Å². The van der Waals surface area contributed by atoms with Crippen LogP contribution in [-0.4, -0.2) is 15.3 Å². The van der Waals surface area contributed by atoms with Gasteiger partial charge >= 0.3 is 0 Å². The number of carbonyl (C=O) groups is 1. The van der Waals surface area contributed by atoms with Gasteiger partial charge in [-0.25, -0.2) is 4.98 Å². The van der Waals surface area contributed by atoms with Crippen LogP contribution in [0.15, 0.2) is 34.7 Å². The number of aryl methyl sites for hydroxylation is 3. The number of fused-ring (bicyclic) bond motifs is 1. The van der Waals surface area contributed by atoms with E-state index in [1.165, 1.54) is 22.2 Å². The third-order valence-electron chi connectivity index (χ3n) is 3.89. The average molecular weight is 312 g/mol. The molecule has 0 bridgehead atoms. The molecule has 0 aliphatic heterocycles. The van der Waals surface area contributed by atoms with E-state index in [0.717, 1.165) is 16.7 Å². The van der Waals surface area contributed by atoms with Crippen LogP contribution in [0.3, 0.4) is 0 Å². The molecule has 112 valence electrons. The summed E-state index contributed by atoms with van der Waals surface area (Å²) in [5.74, 6) is -0.0691. The van der Waals surface area contributed by atoms with Crippen LogP contribution < -0.4 is 5.56 Å². The minimum Gasteiger partial charge on any atom is -0.292 e. The highest BCUT2D eigenvalue weighted by molar-refractivity contribution is 7.17. The van der Waals surface area contributed by atoms with Gasteiger partial charge in [0.05, 0.1) is 18.4 Å². The SMILES string of the molecule is Cc1cc(C)c(C(=O)Cn2cnc3ccsc3c2=O)cc1C. The number of aromatic nitrogens is 2. The summed E-state index contributed by atoms with van der Waals surface area (Å²) in [6.45, 7) is 5.94. The first-order chi connectivity index (χ1) is 10.5. The van der Waals surface area contributed by atoms with E-state index >= 15 is 0 Å². The summed E-state index contributed by atoms with van der Waals surface area (Å²) >= 11 is 1.35. The van der Waals surface area contributed by atoms with Crippen LogP contribution in [0.4, 0.5) is 0 Å². The van der Waals surface area contributed by atoms with Crippen molar-refractivity contribution >= 4 is 27.3 Å². The lowest BCUT2D eigenvalue weighted by molar-refractivity contribution is 0.0970. The number of hydrogen-bond donors (Lipinski definition) is 0. The first-order valence-corrected chi connectivity index (χ1v) is 7.89. The van der Waals surface area contributed by atoms with Crippen molar-refractivity contribution in [3.05, 3.63) is 62.5 Å². The fourth-order valence-corrected chi connectivity index (χ4v) is 3.28. The van der Waals surface area contributed by atoms with Gasteiger partial charge in [-0.05, 0) is 55.0 Å². The van der Waals surface area contributed by atoms with Crippen molar-refractivity contribution in [3.63, 3.8) is 0 Å². The number of Topliss-reactive ketones (excluding diaryl/α,β-unsaturated/α-hetero) is 1. The second kappa shape index (κ2) is 5.50. The molecule has 2 heterocycles. The Bertz CT molecular complexity index is 937. The van der Waals surface area contributed by atoms with Crippen LogP contribution in [0.1, 0.15) is 27.0 Å². The molecule has 0 radical (unpaired) electrons. The number of ketones is 1. The van der Waals surface area contributed by atoms with Gasteiger partial charge in [0.25, 0.3) is 5.56 Å². The third-order valence-corrected chi connectivity index (χ3v) is 4.78. The molecule has 0 spiro atoms. The van der Waals surface area contributed by atoms with Crippen LogP contribution in [0.5, 0.6) is 0 Å². The molecule has 0 fully saturated rings. The molecule has 0 aliphatic rings. The quantitative estimate of drug-likeness (QED) is 0.698. The Morgan fingerprint density at radius 2 is 1.91 bits per heavy atom. The number of nitrogens with zero attached hydrogens (tertiary/aromatic N) is 2. The number of hydrogen-bond acceptors (Lipinski definition) is 4. The molecule has 0 saturated heterocycles. The third kappa shape index (κ3) is 2.48. The molecule has 1 aromatic carbocycles. The lowest BCUT2D eigenvalue weighted by Crippen LogP contribution is -2.24. The predicted molar refractivity (Wildman–Crippen MR) is 88.9 cm³/mol. The van der Waals surface area contributed by atoms with Crippen LogP contribution in [0.25, 0.3) is 10.2 Å². The Morgan fingerprint density at radius 3 is 2.68 bits per heavy atom. The summed E-state index contributed by atoms with van der Waals surface area (Å²) in [4.78, 5) is 29.1. The fourth-order valence-electron chi connectivity index (χ4n) is 2.49. The van der Waals surface area contributed by atoms with E-state index in [0.29, 0.717) is 15.8 Å². The van der Waals surface area contributed by atoms with E-state index in [1.54, 1.807) is 6.07 Å². The zero-order chi connectivity index (χ0) is 15.9. The molecule has 0 unspecified atom stereocenters. The summed E-state index contributed by atoms with van der Waals surface area (Å²) < 4.78 is 1.97. The van der Waals surface area contributed by atoms with E-state index < -0.39 is 0 Å². The number of benzene rings is 1. The molecule has 0 atom stereocenters. The van der Waals surface area contributed by atoms with Crippen LogP contribution in [0, 0.1) is 20.8 Å². The highest BCUT2D eigenvalue weighted by atomic mass is 32.1. The molecule has 0 aliphatic carbocycles. The maximum Gasteiger partial charge on any atom is 0.271 e. The molecule has 22 heavy (non-hydrogen) atoms. The number of thiophene rings is 1.